The molecule has 0 saturated carbocycles. The zero-order valence-electron chi connectivity index (χ0n) is 11.8. The van der Waals surface area contributed by atoms with Crippen molar-refractivity contribution in [3.8, 4) is 5.75 Å². The van der Waals surface area contributed by atoms with E-state index < -0.39 is 0 Å². The molecule has 0 unspecified atom stereocenters. The highest BCUT2D eigenvalue weighted by atomic mass is 19.1. The van der Waals surface area contributed by atoms with Gasteiger partial charge in [-0.3, -0.25) is 4.68 Å². The van der Waals surface area contributed by atoms with Crippen LogP contribution < -0.4 is 10.1 Å². The molecule has 5 nitrogen and oxygen atoms in total. The molecule has 2 rings (SSSR count). The summed E-state index contributed by atoms with van der Waals surface area (Å²) in [6.07, 6.45) is 2.82. The molecule has 0 aliphatic heterocycles. The molecule has 0 radical (unpaired) electrons. The van der Waals surface area contributed by atoms with Gasteiger partial charge in [-0.15, -0.1) is 5.10 Å². The molecule has 1 aromatic carbocycles. The summed E-state index contributed by atoms with van der Waals surface area (Å²) in [6.45, 7) is 3.88. The van der Waals surface area contributed by atoms with Crippen molar-refractivity contribution in [3.63, 3.8) is 0 Å². The summed E-state index contributed by atoms with van der Waals surface area (Å²) in [5.41, 5.74) is 1.55. The quantitative estimate of drug-likeness (QED) is 0.787. The molecular formula is C14H19FN4O. The lowest BCUT2D eigenvalue weighted by atomic mass is 10.2. The number of nitrogens with zero attached hydrogens (tertiary/aromatic N) is 3. The second-order valence-corrected chi connectivity index (χ2v) is 4.60. The molecule has 6 heteroatoms. The first-order valence-electron chi connectivity index (χ1n) is 6.66. The third kappa shape index (κ3) is 4.03. The van der Waals surface area contributed by atoms with Gasteiger partial charge in [0, 0.05) is 19.2 Å². The van der Waals surface area contributed by atoms with Gasteiger partial charge in [-0.05, 0) is 31.2 Å². The maximum Gasteiger partial charge on any atom is 0.134 e. The highest BCUT2D eigenvalue weighted by Crippen LogP contribution is 2.20. The van der Waals surface area contributed by atoms with Crippen molar-refractivity contribution in [2.75, 3.05) is 6.54 Å². The van der Waals surface area contributed by atoms with Crippen LogP contribution in [-0.4, -0.2) is 21.5 Å². The maximum absolute atomic E-state index is 13.3. The molecule has 0 fully saturated rings. The molecule has 1 N–H and O–H groups in total. The van der Waals surface area contributed by atoms with Crippen LogP contribution in [0.15, 0.2) is 24.4 Å². The zero-order valence-corrected chi connectivity index (χ0v) is 11.8. The summed E-state index contributed by atoms with van der Waals surface area (Å²) in [7, 11) is 1.80. The fourth-order valence-electron chi connectivity index (χ4n) is 1.84. The van der Waals surface area contributed by atoms with Crippen LogP contribution in [0.4, 0.5) is 4.39 Å². The standard InChI is InChI=1S/C14H19FN4O/c1-3-6-16-8-11-7-12(15)4-5-14(11)20-10-13-9-19(2)18-17-13/h4-5,7,9,16H,3,6,8,10H2,1-2H3. The van der Waals surface area contributed by atoms with Crippen molar-refractivity contribution < 1.29 is 9.13 Å². The Balaban J connectivity index is 2.01. The lowest BCUT2D eigenvalue weighted by molar-refractivity contribution is 0.296. The molecule has 1 heterocycles. The summed E-state index contributed by atoms with van der Waals surface area (Å²) in [4.78, 5) is 0. The van der Waals surface area contributed by atoms with E-state index in [1.165, 1.54) is 12.1 Å². The third-order valence-corrected chi connectivity index (χ3v) is 2.79. The van der Waals surface area contributed by atoms with Crippen molar-refractivity contribution in [1.29, 1.82) is 0 Å². The molecule has 0 amide bonds. The second-order valence-electron chi connectivity index (χ2n) is 4.60. The number of hydrogen-bond donors (Lipinski definition) is 1. The molecule has 0 bridgehead atoms. The van der Waals surface area contributed by atoms with Crippen molar-refractivity contribution in [2.24, 2.45) is 7.05 Å². The van der Waals surface area contributed by atoms with Gasteiger partial charge in [0.25, 0.3) is 0 Å². The molecule has 1 aromatic heterocycles. The number of aromatic nitrogens is 3. The van der Waals surface area contributed by atoms with Crippen molar-refractivity contribution in [1.82, 2.24) is 20.3 Å². The monoisotopic (exact) mass is 278 g/mol. The molecule has 2 aromatic rings. The van der Waals surface area contributed by atoms with Crippen LogP contribution >= 0.6 is 0 Å². The van der Waals surface area contributed by atoms with Crippen LogP contribution in [-0.2, 0) is 20.2 Å². The average molecular weight is 278 g/mol. The summed E-state index contributed by atoms with van der Waals surface area (Å²) < 4.78 is 20.6. The van der Waals surface area contributed by atoms with E-state index in [0.717, 1.165) is 24.2 Å². The molecule has 20 heavy (non-hydrogen) atoms. The van der Waals surface area contributed by atoms with E-state index in [9.17, 15) is 4.39 Å². The number of benzene rings is 1. The number of hydrogen-bond acceptors (Lipinski definition) is 4. The van der Waals surface area contributed by atoms with Gasteiger partial charge in [0.05, 0.1) is 6.20 Å². The van der Waals surface area contributed by atoms with E-state index in [4.69, 9.17) is 4.74 Å². The Morgan fingerprint density at radius 3 is 2.95 bits per heavy atom. The normalized spacial score (nSPS) is 10.8. The smallest absolute Gasteiger partial charge is 0.134 e. The van der Waals surface area contributed by atoms with Crippen molar-refractivity contribution in [2.45, 2.75) is 26.5 Å². The summed E-state index contributed by atoms with van der Waals surface area (Å²) in [5.74, 6) is 0.408. The van der Waals surface area contributed by atoms with Gasteiger partial charge >= 0.3 is 0 Å². The van der Waals surface area contributed by atoms with E-state index in [0.29, 0.717) is 18.9 Å². The minimum absolute atomic E-state index is 0.259. The Bertz CT molecular complexity index is 556. The Morgan fingerprint density at radius 1 is 1.40 bits per heavy atom. The van der Waals surface area contributed by atoms with Gasteiger partial charge in [-0.2, -0.15) is 0 Å². The Morgan fingerprint density at radius 2 is 2.25 bits per heavy atom. The number of rotatable bonds is 7. The molecule has 108 valence electrons. The summed E-state index contributed by atoms with van der Waals surface area (Å²) in [5, 5.41) is 11.0. The number of halogens is 1. The zero-order chi connectivity index (χ0) is 14.4. The van der Waals surface area contributed by atoms with E-state index >= 15 is 0 Å². The number of aryl methyl sites for hydroxylation is 1. The minimum Gasteiger partial charge on any atom is -0.487 e. The van der Waals surface area contributed by atoms with E-state index in [1.807, 2.05) is 0 Å². The van der Waals surface area contributed by atoms with Gasteiger partial charge in [-0.25, -0.2) is 4.39 Å². The van der Waals surface area contributed by atoms with Crippen LogP contribution in [0.2, 0.25) is 0 Å². The largest absolute Gasteiger partial charge is 0.487 e. The molecule has 0 saturated heterocycles. The van der Waals surface area contributed by atoms with E-state index in [1.54, 1.807) is 24.0 Å². The van der Waals surface area contributed by atoms with Gasteiger partial charge < -0.3 is 10.1 Å². The fraction of sp³-hybridized carbons (Fsp3) is 0.429. The fourth-order valence-corrected chi connectivity index (χ4v) is 1.84. The highest BCUT2D eigenvalue weighted by molar-refractivity contribution is 5.34. The first-order valence-corrected chi connectivity index (χ1v) is 6.66. The third-order valence-electron chi connectivity index (χ3n) is 2.79. The first-order chi connectivity index (χ1) is 9.69. The Kier molecular flexibility index (Phi) is 5.06. The Labute approximate surface area is 117 Å². The lowest BCUT2D eigenvalue weighted by Gasteiger charge is -2.11. The van der Waals surface area contributed by atoms with Gasteiger partial charge in [0.15, 0.2) is 0 Å². The molecule has 0 atom stereocenters. The van der Waals surface area contributed by atoms with Gasteiger partial charge in [0.2, 0.25) is 0 Å². The highest BCUT2D eigenvalue weighted by Gasteiger charge is 2.07. The number of nitrogens with one attached hydrogen (secondary N) is 1. The number of ether oxygens (including phenoxy) is 1. The van der Waals surface area contributed by atoms with Crippen molar-refractivity contribution >= 4 is 0 Å². The molecule has 0 spiro atoms. The topological polar surface area (TPSA) is 52.0 Å². The average Bonchev–Trinajstić information content (AvgIpc) is 2.84. The lowest BCUT2D eigenvalue weighted by Crippen LogP contribution is -2.15. The predicted molar refractivity (Wildman–Crippen MR) is 73.7 cm³/mol. The minimum atomic E-state index is -0.259. The second kappa shape index (κ2) is 7.00. The van der Waals surface area contributed by atoms with Crippen LogP contribution in [0.3, 0.4) is 0 Å². The van der Waals surface area contributed by atoms with Crippen molar-refractivity contribution in [3.05, 3.63) is 41.5 Å². The molecule has 0 aliphatic rings. The predicted octanol–water partition coefficient (Wildman–Crippen LogP) is 2.03. The molecular weight excluding hydrogens is 259 g/mol. The maximum atomic E-state index is 13.3. The summed E-state index contributed by atoms with van der Waals surface area (Å²) in [6, 6.07) is 4.54. The van der Waals surface area contributed by atoms with Crippen LogP contribution in [0.25, 0.3) is 0 Å². The Hall–Kier alpha value is -1.95. The van der Waals surface area contributed by atoms with E-state index in [2.05, 4.69) is 22.6 Å². The van der Waals surface area contributed by atoms with E-state index in [-0.39, 0.29) is 5.82 Å². The van der Waals surface area contributed by atoms with Crippen LogP contribution in [0.1, 0.15) is 24.6 Å². The van der Waals surface area contributed by atoms with Gasteiger partial charge in [-0.1, -0.05) is 12.1 Å². The van der Waals surface area contributed by atoms with Gasteiger partial charge in [0.1, 0.15) is 23.9 Å². The molecule has 0 aliphatic carbocycles. The SMILES string of the molecule is CCCNCc1cc(F)ccc1OCc1cn(C)nn1. The first kappa shape index (κ1) is 14.5. The van der Waals surface area contributed by atoms with Crippen LogP contribution in [0.5, 0.6) is 5.75 Å². The summed E-state index contributed by atoms with van der Waals surface area (Å²) >= 11 is 0. The van der Waals surface area contributed by atoms with Crippen LogP contribution in [0, 0.1) is 5.82 Å².